The normalized spacial score (nSPS) is 14.6. The number of hydrogen-bond donors (Lipinski definition) is 2. The van der Waals surface area contributed by atoms with E-state index >= 15 is 0 Å². The zero-order chi connectivity index (χ0) is 27.2. The number of amides is 1. The quantitative estimate of drug-likeness (QED) is 0.292. The van der Waals surface area contributed by atoms with Crippen LogP contribution in [-0.4, -0.2) is 42.1 Å². The number of carbonyl (C=O) groups excluding carboxylic acids is 1. The molecule has 1 aliphatic heterocycles. The number of methoxy groups -OCH3 is 1. The van der Waals surface area contributed by atoms with Crippen molar-refractivity contribution in [3.63, 3.8) is 0 Å². The number of halogens is 1. The number of carbonyl (C=O) groups is 1. The number of benzene rings is 3. The zero-order valence-electron chi connectivity index (χ0n) is 21.2. The summed E-state index contributed by atoms with van der Waals surface area (Å²) in [5.74, 6) is 1.12. The van der Waals surface area contributed by atoms with Crippen molar-refractivity contribution < 1.29 is 19.0 Å². The first-order valence-corrected chi connectivity index (χ1v) is 12.8. The lowest BCUT2D eigenvalue weighted by atomic mass is 10.1. The first-order chi connectivity index (χ1) is 19.0. The van der Waals surface area contributed by atoms with Crippen molar-refractivity contribution in [3.8, 4) is 22.9 Å². The van der Waals surface area contributed by atoms with Gasteiger partial charge in [0, 0.05) is 29.4 Å². The van der Waals surface area contributed by atoms with Crippen LogP contribution in [0.4, 0.5) is 11.4 Å². The Morgan fingerprint density at radius 1 is 1.10 bits per heavy atom. The highest BCUT2D eigenvalue weighted by atomic mass is 35.5. The lowest BCUT2D eigenvalue weighted by Crippen LogP contribution is -2.31. The fourth-order valence-corrected chi connectivity index (χ4v) is 4.29. The molecule has 2 heterocycles. The summed E-state index contributed by atoms with van der Waals surface area (Å²) in [4.78, 5) is 26.5. The highest BCUT2D eigenvalue weighted by Gasteiger charge is 2.18. The summed E-state index contributed by atoms with van der Waals surface area (Å²) >= 11 is 6.01. The molecule has 1 aromatic heterocycles. The van der Waals surface area contributed by atoms with E-state index in [2.05, 4.69) is 15.7 Å². The van der Waals surface area contributed by atoms with Crippen molar-refractivity contribution in [1.82, 2.24) is 15.1 Å². The molecule has 10 heteroatoms. The van der Waals surface area contributed by atoms with Gasteiger partial charge in [-0.3, -0.25) is 9.59 Å². The van der Waals surface area contributed by atoms with E-state index < -0.39 is 5.56 Å². The van der Waals surface area contributed by atoms with Gasteiger partial charge in [0.1, 0.15) is 11.5 Å². The Bertz CT molecular complexity index is 1500. The molecule has 0 bridgehead atoms. The Hall–Kier alpha value is -4.34. The molecule has 3 aromatic carbocycles. The van der Waals surface area contributed by atoms with Gasteiger partial charge in [-0.05, 0) is 79.6 Å². The lowest BCUT2D eigenvalue weighted by Gasteiger charge is -2.15. The van der Waals surface area contributed by atoms with Gasteiger partial charge < -0.3 is 24.8 Å². The summed E-state index contributed by atoms with van der Waals surface area (Å²) in [6.45, 7) is 1.17. The fourth-order valence-electron chi connectivity index (χ4n) is 4.16. The van der Waals surface area contributed by atoms with Gasteiger partial charge in [-0.25, -0.2) is 0 Å². The highest BCUT2D eigenvalue weighted by Crippen LogP contribution is 2.30. The second-order valence-electron chi connectivity index (χ2n) is 8.91. The van der Waals surface area contributed by atoms with Crippen LogP contribution in [-0.2, 0) is 4.74 Å². The van der Waals surface area contributed by atoms with E-state index in [0.717, 1.165) is 19.4 Å². The monoisotopic (exact) mass is 546 g/mol. The third-order valence-corrected chi connectivity index (χ3v) is 6.46. The Balaban J connectivity index is 1.45. The van der Waals surface area contributed by atoms with E-state index in [9.17, 15) is 9.59 Å². The molecule has 5 rings (SSSR count). The molecular weight excluding hydrogens is 520 g/mol. The molecule has 1 fully saturated rings. The molecule has 1 atom stereocenters. The van der Waals surface area contributed by atoms with Crippen LogP contribution < -0.4 is 25.7 Å². The van der Waals surface area contributed by atoms with Gasteiger partial charge in [-0.1, -0.05) is 17.7 Å². The lowest BCUT2D eigenvalue weighted by molar-refractivity contribution is 0.0858. The van der Waals surface area contributed by atoms with Crippen LogP contribution in [0.25, 0.3) is 5.69 Å². The van der Waals surface area contributed by atoms with Crippen LogP contribution in [0.15, 0.2) is 83.8 Å². The Morgan fingerprint density at radius 2 is 1.87 bits per heavy atom. The van der Waals surface area contributed by atoms with Gasteiger partial charge >= 0.3 is 0 Å². The molecular formula is C29H27ClN4O5. The standard InChI is InChI=1S/C29H27ClN4O5/c1-37-23-13-9-22(10-14-23)34-29(36)27(26(18-32-34)39-24-11-7-20(30)8-12-24)33-21-5-2-4-19(16-21)28(35)31-17-25-6-3-15-38-25/h2,4-5,7-14,16,18,25,33H,3,6,15,17H2,1H3,(H,31,35). The first-order valence-electron chi connectivity index (χ1n) is 12.5. The molecule has 1 aliphatic rings. The minimum Gasteiger partial charge on any atom is -0.497 e. The minimum absolute atomic E-state index is 0.0380. The summed E-state index contributed by atoms with van der Waals surface area (Å²) < 4.78 is 18.1. The molecule has 0 spiro atoms. The molecule has 1 saturated heterocycles. The van der Waals surface area contributed by atoms with Gasteiger partial charge in [-0.2, -0.15) is 9.78 Å². The van der Waals surface area contributed by atoms with Gasteiger partial charge in [-0.15, -0.1) is 0 Å². The topological polar surface area (TPSA) is 104 Å². The van der Waals surface area contributed by atoms with Gasteiger partial charge in [0.2, 0.25) is 0 Å². The summed E-state index contributed by atoms with van der Waals surface area (Å²) in [7, 11) is 1.57. The van der Waals surface area contributed by atoms with Crippen LogP contribution in [0, 0.1) is 0 Å². The van der Waals surface area contributed by atoms with Crippen molar-refractivity contribution in [2.24, 2.45) is 0 Å². The largest absolute Gasteiger partial charge is 0.497 e. The molecule has 0 aliphatic carbocycles. The number of nitrogens with zero attached hydrogens (tertiary/aromatic N) is 2. The van der Waals surface area contributed by atoms with Crippen LogP contribution >= 0.6 is 11.6 Å². The molecule has 39 heavy (non-hydrogen) atoms. The molecule has 9 nitrogen and oxygen atoms in total. The SMILES string of the molecule is COc1ccc(-n2ncc(Oc3ccc(Cl)cc3)c(Nc3cccc(C(=O)NCC4CCCO4)c3)c2=O)cc1. The van der Waals surface area contributed by atoms with E-state index in [-0.39, 0.29) is 23.4 Å². The Morgan fingerprint density at radius 3 is 2.59 bits per heavy atom. The smallest absolute Gasteiger partial charge is 0.299 e. The molecule has 2 N–H and O–H groups in total. The van der Waals surface area contributed by atoms with Crippen LogP contribution in [0.2, 0.25) is 5.02 Å². The summed E-state index contributed by atoms with van der Waals surface area (Å²) in [5, 5.41) is 10.9. The number of hydrogen-bond acceptors (Lipinski definition) is 7. The van der Waals surface area contributed by atoms with Crippen LogP contribution in [0.3, 0.4) is 0 Å². The average Bonchev–Trinajstić information content (AvgIpc) is 3.49. The number of aromatic nitrogens is 2. The first kappa shape index (κ1) is 26.3. The van der Waals surface area contributed by atoms with Crippen molar-refractivity contribution in [1.29, 1.82) is 0 Å². The zero-order valence-corrected chi connectivity index (χ0v) is 22.0. The van der Waals surface area contributed by atoms with Crippen molar-refractivity contribution in [3.05, 3.63) is 99.9 Å². The molecule has 1 amide bonds. The molecule has 0 saturated carbocycles. The highest BCUT2D eigenvalue weighted by molar-refractivity contribution is 6.30. The third kappa shape index (κ3) is 6.39. The number of nitrogens with one attached hydrogen (secondary N) is 2. The number of ether oxygens (including phenoxy) is 3. The summed E-state index contributed by atoms with van der Waals surface area (Å²) in [6.07, 6.45) is 3.43. The van der Waals surface area contributed by atoms with E-state index in [1.165, 1.54) is 10.9 Å². The molecule has 1 unspecified atom stereocenters. The van der Waals surface area contributed by atoms with E-state index in [1.54, 1.807) is 79.9 Å². The van der Waals surface area contributed by atoms with Gasteiger partial charge in [0.15, 0.2) is 11.4 Å². The number of anilines is 2. The van der Waals surface area contributed by atoms with E-state index in [0.29, 0.717) is 40.0 Å². The molecule has 4 aromatic rings. The van der Waals surface area contributed by atoms with E-state index in [4.69, 9.17) is 25.8 Å². The average molecular weight is 547 g/mol. The maximum absolute atomic E-state index is 13.7. The minimum atomic E-state index is -0.445. The summed E-state index contributed by atoms with van der Waals surface area (Å²) in [6, 6.07) is 20.6. The third-order valence-electron chi connectivity index (χ3n) is 6.21. The fraction of sp³-hybridized carbons (Fsp3) is 0.207. The number of rotatable bonds is 9. The maximum Gasteiger partial charge on any atom is 0.299 e. The van der Waals surface area contributed by atoms with Crippen molar-refractivity contribution in [2.45, 2.75) is 18.9 Å². The van der Waals surface area contributed by atoms with Crippen LogP contribution in [0.5, 0.6) is 17.2 Å². The molecule has 0 radical (unpaired) electrons. The van der Waals surface area contributed by atoms with E-state index in [1.807, 2.05) is 0 Å². The Labute approximate surface area is 230 Å². The predicted octanol–water partition coefficient (Wildman–Crippen LogP) is 5.34. The maximum atomic E-state index is 13.7. The second kappa shape index (κ2) is 12.0. The van der Waals surface area contributed by atoms with Gasteiger partial charge in [0.05, 0.1) is 25.1 Å². The second-order valence-corrected chi connectivity index (χ2v) is 9.34. The van der Waals surface area contributed by atoms with Crippen molar-refractivity contribution >= 4 is 28.9 Å². The molecule has 200 valence electrons. The van der Waals surface area contributed by atoms with Crippen LogP contribution in [0.1, 0.15) is 23.2 Å². The van der Waals surface area contributed by atoms with Gasteiger partial charge in [0.25, 0.3) is 11.5 Å². The summed E-state index contributed by atoms with van der Waals surface area (Å²) in [5.41, 5.74) is 1.23. The van der Waals surface area contributed by atoms with Crippen molar-refractivity contribution in [2.75, 3.05) is 25.6 Å². The Kier molecular flexibility index (Phi) is 8.10. The predicted molar refractivity (Wildman–Crippen MR) is 149 cm³/mol.